The maximum Gasteiger partial charge on any atom is 0.274 e. The summed E-state index contributed by atoms with van der Waals surface area (Å²) in [6.07, 6.45) is 0.351. The quantitative estimate of drug-likeness (QED) is 0.581. The van der Waals surface area contributed by atoms with E-state index in [0.29, 0.717) is 17.0 Å². The third-order valence-electron chi connectivity index (χ3n) is 5.25. The minimum Gasteiger partial charge on any atom is -0.334 e. The number of nitrogens with one attached hydrogen (secondary N) is 1. The number of benzene rings is 2. The number of carbonyl (C=O) groups is 2. The molecular weight excluding hydrogens is 390 g/mol. The zero-order valence-corrected chi connectivity index (χ0v) is 17.4. The van der Waals surface area contributed by atoms with Gasteiger partial charge in [0.1, 0.15) is 0 Å². The summed E-state index contributed by atoms with van der Waals surface area (Å²) in [6, 6.07) is 14.8. The number of amides is 2. The first kappa shape index (κ1) is 21.3. The van der Waals surface area contributed by atoms with Crippen LogP contribution in [0, 0.1) is 0 Å². The summed E-state index contributed by atoms with van der Waals surface area (Å²) in [5.41, 5.74) is 4.06. The molecule has 2 aromatic carbocycles. The van der Waals surface area contributed by atoms with E-state index in [9.17, 15) is 9.59 Å². The molecule has 154 valence electrons. The highest BCUT2D eigenvalue weighted by molar-refractivity contribution is 6.30. The van der Waals surface area contributed by atoms with Gasteiger partial charge in [0.25, 0.3) is 5.91 Å². The number of nitrogens with zero attached hydrogens (tertiary/aromatic N) is 2. The fraction of sp³-hybridized carbons (Fsp3) is 0.364. The Hall–Kier alpha value is -2.41. The maximum atomic E-state index is 12.9. The predicted octanol–water partition coefficient (Wildman–Crippen LogP) is 3.12. The molecule has 1 saturated heterocycles. The van der Waals surface area contributed by atoms with Crippen molar-refractivity contribution in [1.82, 2.24) is 15.3 Å². The smallest absolute Gasteiger partial charge is 0.274 e. The Balaban J connectivity index is 1.60. The van der Waals surface area contributed by atoms with Crippen molar-refractivity contribution in [2.45, 2.75) is 38.9 Å². The van der Waals surface area contributed by atoms with Crippen molar-refractivity contribution in [3.63, 3.8) is 0 Å². The zero-order valence-electron chi connectivity index (χ0n) is 16.6. The second-order valence-electron chi connectivity index (χ2n) is 7.64. The van der Waals surface area contributed by atoms with E-state index in [2.05, 4.69) is 18.7 Å². The van der Waals surface area contributed by atoms with E-state index in [1.807, 2.05) is 41.3 Å². The van der Waals surface area contributed by atoms with Gasteiger partial charge in [-0.3, -0.25) is 19.7 Å². The van der Waals surface area contributed by atoms with Gasteiger partial charge in [-0.1, -0.05) is 35.9 Å². The number of hydrogen-bond donors (Lipinski definition) is 2. The molecule has 0 bridgehead atoms. The number of piperazine rings is 1. The van der Waals surface area contributed by atoms with Crippen LogP contribution in [-0.4, -0.2) is 52.0 Å². The third kappa shape index (κ3) is 5.35. The molecule has 0 aliphatic carbocycles. The third-order valence-corrected chi connectivity index (χ3v) is 5.49. The van der Waals surface area contributed by atoms with E-state index in [4.69, 9.17) is 16.8 Å². The molecule has 1 fully saturated rings. The molecule has 0 aromatic heterocycles. The van der Waals surface area contributed by atoms with Gasteiger partial charge >= 0.3 is 0 Å². The van der Waals surface area contributed by atoms with Crippen LogP contribution >= 0.6 is 11.6 Å². The molecule has 2 aromatic rings. The SMILES string of the molecule is C[C@@H]1CN(Cc2ccc(C(=O)NO)cc2)C[C@H](C)N1C(=O)Cc1cccc(Cl)c1. The van der Waals surface area contributed by atoms with Crippen molar-refractivity contribution in [2.24, 2.45) is 0 Å². The molecule has 0 unspecified atom stereocenters. The Morgan fingerprint density at radius 1 is 1.07 bits per heavy atom. The summed E-state index contributed by atoms with van der Waals surface area (Å²) in [4.78, 5) is 28.6. The molecule has 0 saturated carbocycles. The fourth-order valence-corrected chi connectivity index (χ4v) is 4.26. The fourth-order valence-electron chi connectivity index (χ4n) is 4.05. The lowest BCUT2D eigenvalue weighted by Crippen LogP contribution is -2.58. The molecule has 1 aliphatic rings. The van der Waals surface area contributed by atoms with Gasteiger partial charge in [-0.15, -0.1) is 0 Å². The highest BCUT2D eigenvalue weighted by atomic mass is 35.5. The van der Waals surface area contributed by atoms with Gasteiger partial charge < -0.3 is 4.90 Å². The van der Waals surface area contributed by atoms with Crippen molar-refractivity contribution in [2.75, 3.05) is 13.1 Å². The van der Waals surface area contributed by atoms with Crippen molar-refractivity contribution in [3.05, 3.63) is 70.2 Å². The topological polar surface area (TPSA) is 72.9 Å². The van der Waals surface area contributed by atoms with Crippen molar-refractivity contribution in [3.8, 4) is 0 Å². The Labute approximate surface area is 176 Å². The molecule has 7 heteroatoms. The molecule has 2 atom stereocenters. The number of hydrogen-bond acceptors (Lipinski definition) is 4. The lowest BCUT2D eigenvalue weighted by Gasteiger charge is -2.44. The summed E-state index contributed by atoms with van der Waals surface area (Å²) in [5.74, 6) is -0.406. The van der Waals surface area contributed by atoms with E-state index in [0.717, 1.165) is 30.8 Å². The van der Waals surface area contributed by atoms with Crippen LogP contribution in [0.3, 0.4) is 0 Å². The van der Waals surface area contributed by atoms with Gasteiger partial charge in [-0.2, -0.15) is 0 Å². The normalized spacial score (nSPS) is 19.8. The van der Waals surface area contributed by atoms with Crippen LogP contribution in [0.15, 0.2) is 48.5 Å². The average Bonchev–Trinajstić information content (AvgIpc) is 2.67. The Morgan fingerprint density at radius 3 is 2.31 bits per heavy atom. The van der Waals surface area contributed by atoms with Crippen LogP contribution in [0.2, 0.25) is 5.02 Å². The van der Waals surface area contributed by atoms with Crippen molar-refractivity contribution >= 4 is 23.4 Å². The molecule has 3 rings (SSSR count). The van der Waals surface area contributed by atoms with Crippen LogP contribution in [0.25, 0.3) is 0 Å². The van der Waals surface area contributed by atoms with Gasteiger partial charge in [-0.25, -0.2) is 5.48 Å². The Bertz CT molecular complexity index is 860. The zero-order chi connectivity index (χ0) is 21.0. The minimum atomic E-state index is -0.523. The highest BCUT2D eigenvalue weighted by Crippen LogP contribution is 2.20. The monoisotopic (exact) mass is 415 g/mol. The first-order valence-electron chi connectivity index (χ1n) is 9.68. The average molecular weight is 416 g/mol. The van der Waals surface area contributed by atoms with Gasteiger partial charge in [0.05, 0.1) is 6.42 Å². The van der Waals surface area contributed by atoms with Crippen LogP contribution in [0.1, 0.15) is 35.3 Å². The second-order valence-corrected chi connectivity index (χ2v) is 8.07. The van der Waals surface area contributed by atoms with Gasteiger partial charge in [0.2, 0.25) is 5.91 Å². The molecule has 2 amide bonds. The molecule has 1 heterocycles. The standard InChI is InChI=1S/C22H26ClN3O3/c1-15-12-25(14-17-6-8-19(9-7-17)22(28)24-29)13-16(2)26(15)21(27)11-18-4-3-5-20(23)10-18/h3-10,15-16,29H,11-14H2,1-2H3,(H,24,28)/t15-,16+. The van der Waals surface area contributed by atoms with Crippen molar-refractivity contribution in [1.29, 1.82) is 0 Å². The molecule has 6 nitrogen and oxygen atoms in total. The minimum absolute atomic E-state index is 0.102. The van der Waals surface area contributed by atoms with Crippen molar-refractivity contribution < 1.29 is 14.8 Å². The molecule has 0 spiro atoms. The summed E-state index contributed by atoms with van der Waals surface area (Å²) < 4.78 is 0. The van der Waals surface area contributed by atoms with Crippen LogP contribution in [-0.2, 0) is 17.8 Å². The molecule has 29 heavy (non-hydrogen) atoms. The first-order chi connectivity index (χ1) is 13.9. The predicted molar refractivity (Wildman–Crippen MR) is 112 cm³/mol. The largest absolute Gasteiger partial charge is 0.334 e. The molecule has 2 N–H and O–H groups in total. The molecule has 1 aliphatic heterocycles. The van der Waals surface area contributed by atoms with E-state index in [1.54, 1.807) is 17.6 Å². The van der Waals surface area contributed by atoms with Gasteiger partial charge in [0, 0.05) is 42.3 Å². The lowest BCUT2D eigenvalue weighted by molar-refractivity contribution is -0.138. The Morgan fingerprint density at radius 2 is 1.72 bits per heavy atom. The van der Waals surface area contributed by atoms with E-state index in [1.165, 1.54) is 0 Å². The highest BCUT2D eigenvalue weighted by Gasteiger charge is 2.32. The summed E-state index contributed by atoms with van der Waals surface area (Å²) in [5, 5.41) is 9.35. The Kier molecular flexibility index (Phi) is 6.90. The van der Waals surface area contributed by atoms with Gasteiger partial charge in [0.15, 0.2) is 0 Å². The number of halogens is 1. The number of rotatable bonds is 5. The van der Waals surface area contributed by atoms with Crippen LogP contribution in [0.4, 0.5) is 0 Å². The summed E-state index contributed by atoms with van der Waals surface area (Å²) in [7, 11) is 0. The lowest BCUT2D eigenvalue weighted by atomic mass is 10.0. The van der Waals surface area contributed by atoms with E-state index in [-0.39, 0.29) is 18.0 Å². The van der Waals surface area contributed by atoms with Crippen LogP contribution < -0.4 is 5.48 Å². The molecular formula is C22H26ClN3O3. The number of carbonyl (C=O) groups excluding carboxylic acids is 2. The second kappa shape index (κ2) is 9.39. The van der Waals surface area contributed by atoms with Gasteiger partial charge in [-0.05, 0) is 49.2 Å². The summed E-state index contributed by atoms with van der Waals surface area (Å²) >= 11 is 6.04. The first-order valence-corrected chi connectivity index (χ1v) is 10.1. The summed E-state index contributed by atoms with van der Waals surface area (Å²) in [6.45, 7) is 6.46. The number of hydroxylamine groups is 1. The maximum absolute atomic E-state index is 12.9. The van der Waals surface area contributed by atoms with E-state index < -0.39 is 5.91 Å². The van der Waals surface area contributed by atoms with Crippen LogP contribution in [0.5, 0.6) is 0 Å². The van der Waals surface area contributed by atoms with E-state index >= 15 is 0 Å². The molecule has 0 radical (unpaired) electrons.